The molecule has 8 heteroatoms. The second-order valence-corrected chi connectivity index (χ2v) is 6.24. The minimum absolute atomic E-state index is 0. The predicted octanol–water partition coefficient (Wildman–Crippen LogP) is 4.10. The van der Waals surface area contributed by atoms with E-state index in [1.807, 2.05) is 6.07 Å². The molecule has 0 bridgehead atoms. The molecule has 1 amide bonds. The molecular formula is C19H22ClF3N2O2. The Morgan fingerprint density at radius 3 is 2.19 bits per heavy atom. The summed E-state index contributed by atoms with van der Waals surface area (Å²) in [5.41, 5.74) is 6.38. The standard InChI is InChI=1S/C19H21F3N2O2.ClH/c1-13(14-8-10-16(11-9-14)26-12-19(20,21)22)24-17(25)18(2,23)15-6-4-3-5-7-15;/h3-11,13H,12,23H2,1-2H3,(H,24,25);1H. The van der Waals surface area contributed by atoms with E-state index in [9.17, 15) is 18.0 Å². The fraction of sp³-hybridized carbons (Fsp3) is 0.316. The molecule has 148 valence electrons. The number of alkyl halides is 3. The van der Waals surface area contributed by atoms with Crippen molar-refractivity contribution in [3.8, 4) is 5.75 Å². The van der Waals surface area contributed by atoms with Crippen LogP contribution in [0, 0.1) is 0 Å². The maximum absolute atomic E-state index is 12.5. The second kappa shape index (κ2) is 9.10. The van der Waals surface area contributed by atoms with Crippen molar-refractivity contribution in [3.63, 3.8) is 0 Å². The highest BCUT2D eigenvalue weighted by Crippen LogP contribution is 2.23. The molecule has 0 saturated heterocycles. The van der Waals surface area contributed by atoms with E-state index in [4.69, 9.17) is 5.73 Å². The van der Waals surface area contributed by atoms with Crippen LogP contribution in [0.3, 0.4) is 0 Å². The van der Waals surface area contributed by atoms with Gasteiger partial charge in [0.15, 0.2) is 6.61 Å². The summed E-state index contributed by atoms with van der Waals surface area (Å²) < 4.78 is 41.1. The summed E-state index contributed by atoms with van der Waals surface area (Å²) in [6.07, 6.45) is -4.39. The topological polar surface area (TPSA) is 64.4 Å². The van der Waals surface area contributed by atoms with Gasteiger partial charge < -0.3 is 15.8 Å². The first-order chi connectivity index (χ1) is 12.1. The van der Waals surface area contributed by atoms with Crippen LogP contribution < -0.4 is 15.8 Å². The van der Waals surface area contributed by atoms with E-state index < -0.39 is 18.3 Å². The van der Waals surface area contributed by atoms with Crippen LogP contribution >= 0.6 is 12.4 Å². The Kier molecular flexibility index (Phi) is 7.68. The number of hydrogen-bond donors (Lipinski definition) is 2. The third-order valence-corrected chi connectivity index (χ3v) is 3.98. The molecule has 3 N–H and O–H groups in total. The first kappa shape index (κ1) is 22.8. The molecule has 2 rings (SSSR count). The minimum Gasteiger partial charge on any atom is -0.484 e. The van der Waals surface area contributed by atoms with Gasteiger partial charge in [0.25, 0.3) is 0 Å². The number of carbonyl (C=O) groups excluding carboxylic acids is 1. The number of nitrogens with two attached hydrogens (primary N) is 1. The van der Waals surface area contributed by atoms with Gasteiger partial charge in [-0.1, -0.05) is 42.5 Å². The van der Waals surface area contributed by atoms with Crippen molar-refractivity contribution in [2.24, 2.45) is 5.73 Å². The number of halogens is 4. The Labute approximate surface area is 162 Å². The molecule has 0 heterocycles. The van der Waals surface area contributed by atoms with Crippen LogP contribution in [0.2, 0.25) is 0 Å². The van der Waals surface area contributed by atoms with Crippen LogP contribution in [0.1, 0.15) is 31.0 Å². The van der Waals surface area contributed by atoms with Crippen molar-refractivity contribution >= 4 is 18.3 Å². The molecule has 0 fully saturated rings. The number of amides is 1. The summed E-state index contributed by atoms with van der Waals surface area (Å²) in [6, 6.07) is 14.7. The van der Waals surface area contributed by atoms with Gasteiger partial charge in [0.2, 0.25) is 5.91 Å². The molecule has 0 radical (unpaired) electrons. The average molecular weight is 403 g/mol. The number of nitrogens with one attached hydrogen (secondary N) is 1. The van der Waals surface area contributed by atoms with E-state index in [2.05, 4.69) is 10.1 Å². The van der Waals surface area contributed by atoms with Crippen LogP contribution in [-0.4, -0.2) is 18.7 Å². The smallest absolute Gasteiger partial charge is 0.422 e. The zero-order valence-electron chi connectivity index (χ0n) is 14.9. The second-order valence-electron chi connectivity index (χ2n) is 6.24. The molecule has 0 spiro atoms. The lowest BCUT2D eigenvalue weighted by Gasteiger charge is -2.26. The predicted molar refractivity (Wildman–Crippen MR) is 99.8 cm³/mol. The number of hydrogen-bond acceptors (Lipinski definition) is 3. The third-order valence-electron chi connectivity index (χ3n) is 3.98. The van der Waals surface area contributed by atoms with Crippen LogP contribution in [0.15, 0.2) is 54.6 Å². The molecule has 0 aromatic heterocycles. The Balaban J connectivity index is 0.00000364. The largest absolute Gasteiger partial charge is 0.484 e. The van der Waals surface area contributed by atoms with Gasteiger partial charge in [0.05, 0.1) is 6.04 Å². The van der Waals surface area contributed by atoms with Gasteiger partial charge in [-0.15, -0.1) is 12.4 Å². The van der Waals surface area contributed by atoms with Crippen LogP contribution in [0.25, 0.3) is 0 Å². The quantitative estimate of drug-likeness (QED) is 0.764. The average Bonchev–Trinajstić information content (AvgIpc) is 2.60. The van der Waals surface area contributed by atoms with Crippen molar-refractivity contribution < 1.29 is 22.7 Å². The molecule has 2 aromatic carbocycles. The van der Waals surface area contributed by atoms with Crippen LogP contribution in [0.4, 0.5) is 13.2 Å². The molecular weight excluding hydrogens is 381 g/mol. The van der Waals surface area contributed by atoms with Crippen molar-refractivity contribution in [2.45, 2.75) is 31.6 Å². The van der Waals surface area contributed by atoms with Crippen molar-refractivity contribution in [1.82, 2.24) is 5.32 Å². The monoisotopic (exact) mass is 402 g/mol. The first-order valence-electron chi connectivity index (χ1n) is 8.04. The molecule has 27 heavy (non-hydrogen) atoms. The van der Waals surface area contributed by atoms with E-state index in [0.29, 0.717) is 5.56 Å². The first-order valence-corrected chi connectivity index (χ1v) is 8.04. The zero-order valence-corrected chi connectivity index (χ0v) is 15.7. The SMILES string of the molecule is CC(NC(=O)C(C)(N)c1ccccc1)c1ccc(OCC(F)(F)F)cc1.Cl. The van der Waals surface area contributed by atoms with E-state index in [-0.39, 0.29) is 30.1 Å². The van der Waals surface area contributed by atoms with Crippen molar-refractivity contribution in [3.05, 3.63) is 65.7 Å². The Hall–Kier alpha value is -2.25. The Morgan fingerprint density at radius 2 is 1.67 bits per heavy atom. The van der Waals surface area contributed by atoms with Gasteiger partial charge in [-0.3, -0.25) is 4.79 Å². The third kappa shape index (κ3) is 6.45. The van der Waals surface area contributed by atoms with Gasteiger partial charge in [-0.25, -0.2) is 0 Å². The summed E-state index contributed by atoms with van der Waals surface area (Å²) >= 11 is 0. The Bertz CT molecular complexity index is 735. The number of benzene rings is 2. The van der Waals surface area contributed by atoms with Gasteiger partial charge in [0.1, 0.15) is 11.3 Å². The molecule has 0 aliphatic rings. The maximum Gasteiger partial charge on any atom is 0.422 e. The summed E-state index contributed by atoms with van der Waals surface area (Å²) in [5, 5.41) is 2.83. The lowest BCUT2D eigenvalue weighted by atomic mass is 9.91. The molecule has 0 saturated carbocycles. The van der Waals surface area contributed by atoms with E-state index in [1.54, 1.807) is 50.2 Å². The number of ether oxygens (including phenoxy) is 1. The lowest BCUT2D eigenvalue weighted by molar-refractivity contribution is -0.153. The van der Waals surface area contributed by atoms with Crippen molar-refractivity contribution in [1.29, 1.82) is 0 Å². The fourth-order valence-corrected chi connectivity index (χ4v) is 2.36. The minimum atomic E-state index is -4.39. The van der Waals surface area contributed by atoms with Crippen LogP contribution in [-0.2, 0) is 10.3 Å². The number of rotatable bonds is 6. The highest BCUT2D eigenvalue weighted by molar-refractivity contribution is 5.87. The molecule has 2 atom stereocenters. The van der Waals surface area contributed by atoms with Gasteiger partial charge >= 0.3 is 6.18 Å². The zero-order chi connectivity index (χ0) is 19.4. The van der Waals surface area contributed by atoms with Gasteiger partial charge in [-0.05, 0) is 37.1 Å². The van der Waals surface area contributed by atoms with Crippen molar-refractivity contribution in [2.75, 3.05) is 6.61 Å². The van der Waals surface area contributed by atoms with E-state index in [1.165, 1.54) is 12.1 Å². The van der Waals surface area contributed by atoms with E-state index >= 15 is 0 Å². The highest BCUT2D eigenvalue weighted by Gasteiger charge is 2.31. The fourth-order valence-electron chi connectivity index (χ4n) is 2.36. The summed E-state index contributed by atoms with van der Waals surface area (Å²) in [5.74, 6) is -0.244. The molecule has 0 aliphatic heterocycles. The van der Waals surface area contributed by atoms with E-state index in [0.717, 1.165) is 5.56 Å². The van der Waals surface area contributed by atoms with Gasteiger partial charge in [-0.2, -0.15) is 13.2 Å². The summed E-state index contributed by atoms with van der Waals surface area (Å²) in [6.45, 7) is 2.05. The lowest BCUT2D eigenvalue weighted by Crippen LogP contribution is -2.49. The molecule has 0 aliphatic carbocycles. The summed E-state index contributed by atoms with van der Waals surface area (Å²) in [7, 11) is 0. The molecule has 2 aromatic rings. The normalized spacial score (nSPS) is 14.4. The number of carbonyl (C=O) groups is 1. The summed E-state index contributed by atoms with van der Waals surface area (Å²) in [4.78, 5) is 12.5. The Morgan fingerprint density at radius 1 is 1.11 bits per heavy atom. The molecule has 4 nitrogen and oxygen atoms in total. The molecule has 2 unspecified atom stereocenters. The van der Waals surface area contributed by atoms with Gasteiger partial charge in [0, 0.05) is 0 Å². The highest BCUT2D eigenvalue weighted by atomic mass is 35.5. The maximum atomic E-state index is 12.5. The van der Waals surface area contributed by atoms with Crippen LogP contribution in [0.5, 0.6) is 5.75 Å².